The Kier molecular flexibility index (Phi) is 4.77. The molecule has 0 unspecified atom stereocenters. The standard InChI is InChI=1S/C11H10F3NO2S/c1-2-17-10(16)8(18)9(11(12,13)14)15-6-4-3-5-7-15/h3-7H,2H2,1H3/p+1/b9-8-. The van der Waals surface area contributed by atoms with E-state index >= 15 is 0 Å². The SMILES string of the molecule is CCOC(=O)/C(S)=C(/[n+]1ccccc1)C(F)(F)F. The summed E-state index contributed by atoms with van der Waals surface area (Å²) in [4.78, 5) is 10.6. The molecule has 1 rings (SSSR count). The van der Waals surface area contributed by atoms with Crippen molar-refractivity contribution in [1.82, 2.24) is 0 Å². The largest absolute Gasteiger partial charge is 0.479 e. The van der Waals surface area contributed by atoms with Crippen LogP contribution in [0.3, 0.4) is 0 Å². The highest BCUT2D eigenvalue weighted by Gasteiger charge is 2.46. The number of aromatic nitrogens is 1. The molecule has 0 aliphatic heterocycles. The molecule has 0 aliphatic carbocycles. The molecule has 0 spiro atoms. The fourth-order valence-corrected chi connectivity index (χ4v) is 1.55. The van der Waals surface area contributed by atoms with Gasteiger partial charge in [-0.05, 0) is 6.92 Å². The minimum atomic E-state index is -4.71. The summed E-state index contributed by atoms with van der Waals surface area (Å²) in [5, 5.41) is 0. The lowest BCUT2D eigenvalue weighted by Gasteiger charge is -2.08. The average Bonchev–Trinajstić information content (AvgIpc) is 2.29. The van der Waals surface area contributed by atoms with Crippen molar-refractivity contribution in [2.75, 3.05) is 6.61 Å². The fraction of sp³-hybridized carbons (Fsp3) is 0.273. The van der Waals surface area contributed by atoms with Crippen molar-refractivity contribution >= 4 is 24.3 Å². The minimum Gasteiger partial charge on any atom is -0.462 e. The van der Waals surface area contributed by atoms with Gasteiger partial charge in [-0.1, -0.05) is 6.07 Å². The number of hydrogen-bond acceptors (Lipinski definition) is 3. The topological polar surface area (TPSA) is 30.2 Å². The number of nitrogens with zero attached hydrogens (tertiary/aromatic N) is 1. The number of carbonyl (C=O) groups excluding carboxylic acids is 1. The Morgan fingerprint density at radius 2 is 1.83 bits per heavy atom. The van der Waals surface area contributed by atoms with Crippen molar-refractivity contribution < 1.29 is 27.3 Å². The van der Waals surface area contributed by atoms with Gasteiger partial charge in [-0.15, -0.1) is 12.6 Å². The number of esters is 1. The van der Waals surface area contributed by atoms with Crippen molar-refractivity contribution in [3.8, 4) is 0 Å². The lowest BCUT2D eigenvalue weighted by molar-refractivity contribution is -0.596. The summed E-state index contributed by atoms with van der Waals surface area (Å²) in [6.45, 7) is 1.48. The molecular weight excluding hydrogens is 267 g/mol. The van der Waals surface area contributed by atoms with Crippen molar-refractivity contribution in [1.29, 1.82) is 0 Å². The van der Waals surface area contributed by atoms with Gasteiger partial charge >= 0.3 is 17.8 Å². The molecule has 98 valence electrons. The third kappa shape index (κ3) is 3.49. The van der Waals surface area contributed by atoms with Gasteiger partial charge < -0.3 is 4.74 Å². The van der Waals surface area contributed by atoms with Gasteiger partial charge in [0, 0.05) is 12.1 Å². The molecule has 18 heavy (non-hydrogen) atoms. The molecule has 3 nitrogen and oxygen atoms in total. The van der Waals surface area contributed by atoms with Crippen LogP contribution in [0.15, 0.2) is 35.5 Å². The quantitative estimate of drug-likeness (QED) is 0.397. The molecule has 0 aromatic carbocycles. The van der Waals surface area contributed by atoms with E-state index in [1.165, 1.54) is 31.5 Å². The lowest BCUT2D eigenvalue weighted by atomic mass is 10.3. The van der Waals surface area contributed by atoms with Gasteiger partial charge in [0.1, 0.15) is 0 Å². The molecule has 1 aromatic heterocycles. The number of thiol groups is 1. The first-order valence-corrected chi connectivity index (χ1v) is 5.47. The number of ether oxygens (including phenoxy) is 1. The minimum absolute atomic E-state index is 0.0204. The van der Waals surface area contributed by atoms with Crippen molar-refractivity contribution in [2.24, 2.45) is 0 Å². The summed E-state index contributed by atoms with van der Waals surface area (Å²) in [5.74, 6) is -1.11. The molecule has 0 atom stereocenters. The Balaban J connectivity index is 3.31. The zero-order valence-electron chi connectivity index (χ0n) is 9.44. The van der Waals surface area contributed by atoms with Crippen molar-refractivity contribution in [3.63, 3.8) is 0 Å². The van der Waals surface area contributed by atoms with E-state index in [2.05, 4.69) is 17.4 Å². The highest BCUT2D eigenvalue weighted by Crippen LogP contribution is 2.30. The van der Waals surface area contributed by atoms with Crippen LogP contribution in [-0.4, -0.2) is 18.8 Å². The number of pyridine rings is 1. The van der Waals surface area contributed by atoms with Gasteiger partial charge in [-0.2, -0.15) is 17.7 Å². The van der Waals surface area contributed by atoms with E-state index in [0.717, 1.165) is 4.57 Å². The van der Waals surface area contributed by atoms with E-state index in [9.17, 15) is 18.0 Å². The van der Waals surface area contributed by atoms with E-state index in [1.807, 2.05) is 0 Å². The number of carbonyl (C=O) groups is 1. The van der Waals surface area contributed by atoms with Crippen LogP contribution in [0.5, 0.6) is 0 Å². The molecule has 1 heterocycles. The van der Waals surface area contributed by atoms with Crippen LogP contribution >= 0.6 is 12.6 Å². The monoisotopic (exact) mass is 278 g/mol. The predicted molar refractivity (Wildman–Crippen MR) is 61.5 cm³/mol. The van der Waals surface area contributed by atoms with Gasteiger partial charge in [0.05, 0.1) is 6.61 Å². The van der Waals surface area contributed by atoms with E-state index < -0.39 is 22.7 Å². The second kappa shape index (κ2) is 5.90. The Hall–Kier alpha value is -1.50. The van der Waals surface area contributed by atoms with Gasteiger partial charge in [0.2, 0.25) is 0 Å². The van der Waals surface area contributed by atoms with Crippen LogP contribution in [0, 0.1) is 0 Å². The highest BCUT2D eigenvalue weighted by molar-refractivity contribution is 7.85. The number of rotatable bonds is 3. The maximum atomic E-state index is 12.9. The summed E-state index contributed by atoms with van der Waals surface area (Å²) in [7, 11) is 0. The first-order valence-electron chi connectivity index (χ1n) is 5.02. The molecule has 0 saturated heterocycles. The predicted octanol–water partition coefficient (Wildman–Crippen LogP) is 2.20. The van der Waals surface area contributed by atoms with Gasteiger partial charge in [-0.25, -0.2) is 4.79 Å². The second-order valence-corrected chi connectivity index (χ2v) is 3.65. The average molecular weight is 278 g/mol. The van der Waals surface area contributed by atoms with Crippen LogP contribution in [0.25, 0.3) is 5.70 Å². The van der Waals surface area contributed by atoms with Gasteiger partial charge in [0.15, 0.2) is 17.3 Å². The number of alkyl halides is 3. The third-order valence-electron chi connectivity index (χ3n) is 1.94. The summed E-state index contributed by atoms with van der Waals surface area (Å²) >= 11 is 3.62. The zero-order chi connectivity index (χ0) is 13.8. The number of halogens is 3. The number of allylic oxidation sites excluding steroid dienone is 1. The first kappa shape index (κ1) is 14.6. The molecule has 0 saturated carbocycles. The molecule has 0 bridgehead atoms. The van der Waals surface area contributed by atoms with Crippen LogP contribution in [0.4, 0.5) is 13.2 Å². The molecule has 0 amide bonds. The smallest absolute Gasteiger partial charge is 0.462 e. The Labute approximate surface area is 107 Å². The molecule has 1 aromatic rings. The van der Waals surface area contributed by atoms with Crippen LogP contribution in [-0.2, 0) is 9.53 Å². The molecule has 0 fully saturated rings. The van der Waals surface area contributed by atoms with Gasteiger partial charge in [0.25, 0.3) is 0 Å². The van der Waals surface area contributed by atoms with E-state index in [1.54, 1.807) is 6.07 Å². The van der Waals surface area contributed by atoms with E-state index in [4.69, 9.17) is 0 Å². The molecule has 7 heteroatoms. The molecule has 0 N–H and O–H groups in total. The Morgan fingerprint density at radius 1 is 1.28 bits per heavy atom. The number of hydrogen-bond donors (Lipinski definition) is 1. The summed E-state index contributed by atoms with van der Waals surface area (Å²) < 4.78 is 44.1. The van der Waals surface area contributed by atoms with Crippen molar-refractivity contribution in [3.05, 3.63) is 35.5 Å². The first-order chi connectivity index (χ1) is 8.38. The van der Waals surface area contributed by atoms with Crippen LogP contribution in [0.2, 0.25) is 0 Å². The van der Waals surface area contributed by atoms with Crippen LogP contribution in [0.1, 0.15) is 6.92 Å². The highest BCUT2D eigenvalue weighted by atomic mass is 32.1. The van der Waals surface area contributed by atoms with E-state index in [-0.39, 0.29) is 6.61 Å². The van der Waals surface area contributed by atoms with E-state index in [0.29, 0.717) is 0 Å². The molecule has 0 aliphatic rings. The maximum absolute atomic E-state index is 12.9. The Bertz CT molecular complexity index is 457. The lowest BCUT2D eigenvalue weighted by Crippen LogP contribution is -2.40. The van der Waals surface area contributed by atoms with Crippen LogP contribution < -0.4 is 4.57 Å². The van der Waals surface area contributed by atoms with Gasteiger partial charge in [-0.3, -0.25) is 0 Å². The second-order valence-electron chi connectivity index (χ2n) is 3.20. The molecule has 0 radical (unpaired) electrons. The molecular formula is C11H11F3NO2S+. The Morgan fingerprint density at radius 3 is 2.28 bits per heavy atom. The fourth-order valence-electron chi connectivity index (χ4n) is 1.25. The maximum Gasteiger partial charge on any atom is 0.479 e. The summed E-state index contributed by atoms with van der Waals surface area (Å²) in [6.07, 6.45) is -2.35. The summed E-state index contributed by atoms with van der Waals surface area (Å²) in [5.41, 5.74) is -1.18. The normalized spacial score (nSPS) is 12.9. The third-order valence-corrected chi connectivity index (χ3v) is 2.33. The zero-order valence-corrected chi connectivity index (χ0v) is 10.3. The van der Waals surface area contributed by atoms with Crippen molar-refractivity contribution in [2.45, 2.75) is 13.1 Å². The summed E-state index contributed by atoms with van der Waals surface area (Å²) in [6, 6.07) is 4.39.